The van der Waals surface area contributed by atoms with Gasteiger partial charge in [-0.25, -0.2) is 0 Å². The van der Waals surface area contributed by atoms with E-state index in [1.165, 1.54) is 11.7 Å². The normalized spacial score (nSPS) is 10.9. The predicted molar refractivity (Wildman–Crippen MR) is 68.5 cm³/mol. The molecule has 1 aromatic carbocycles. The molecule has 4 nitrogen and oxygen atoms in total. The highest BCUT2D eigenvalue weighted by molar-refractivity contribution is 7.00. The summed E-state index contributed by atoms with van der Waals surface area (Å²) in [6, 6.07) is 7.43. The Hall–Kier alpha value is -1.59. The predicted octanol–water partition coefficient (Wildman–Crippen LogP) is 3.55. The number of nitrogens with zero attached hydrogens (tertiary/aromatic N) is 2. The van der Waals surface area contributed by atoms with Crippen LogP contribution in [0, 0.1) is 0 Å². The summed E-state index contributed by atoms with van der Waals surface area (Å²) in [4.78, 5) is 0. The van der Waals surface area contributed by atoms with Gasteiger partial charge in [-0.15, -0.1) is 0 Å². The second kappa shape index (κ2) is 4.35. The molecule has 6 heteroatoms. The molecular weight excluding hydrogens is 258 g/mol. The first kappa shape index (κ1) is 10.6. The van der Waals surface area contributed by atoms with Crippen LogP contribution in [0.15, 0.2) is 34.9 Å². The topological polar surface area (TPSA) is 51.0 Å². The van der Waals surface area contributed by atoms with Crippen molar-refractivity contribution < 1.29 is 4.42 Å². The Kier molecular flexibility index (Phi) is 2.70. The molecule has 0 atom stereocenters. The van der Waals surface area contributed by atoms with Crippen molar-refractivity contribution in [3.05, 3.63) is 41.3 Å². The minimum absolute atomic E-state index is 0.573. The molecule has 3 aromatic rings. The molecule has 0 saturated heterocycles. The third kappa shape index (κ3) is 1.99. The van der Waals surface area contributed by atoms with E-state index in [0.717, 1.165) is 22.5 Å². The third-order valence-corrected chi connectivity index (χ3v) is 3.25. The first-order chi connectivity index (χ1) is 8.34. The van der Waals surface area contributed by atoms with E-state index in [2.05, 4.69) is 14.1 Å². The molecule has 0 aliphatic rings. The molecule has 1 N–H and O–H groups in total. The van der Waals surface area contributed by atoms with Gasteiger partial charge in [0.05, 0.1) is 35.2 Å². The Morgan fingerprint density at radius 2 is 2.24 bits per heavy atom. The second-order valence-corrected chi connectivity index (χ2v) is 4.42. The minimum Gasteiger partial charge on any atom is -0.467 e. The molecule has 0 radical (unpaired) electrons. The van der Waals surface area contributed by atoms with E-state index in [9.17, 15) is 0 Å². The van der Waals surface area contributed by atoms with Crippen LogP contribution in [-0.2, 0) is 6.54 Å². The molecule has 0 aliphatic heterocycles. The molecule has 3 rings (SSSR count). The number of rotatable bonds is 3. The van der Waals surface area contributed by atoms with Crippen LogP contribution in [0.3, 0.4) is 0 Å². The number of hydrogen-bond acceptors (Lipinski definition) is 5. The van der Waals surface area contributed by atoms with Gasteiger partial charge >= 0.3 is 0 Å². The van der Waals surface area contributed by atoms with Crippen molar-refractivity contribution in [2.24, 2.45) is 0 Å². The number of hydrogen-bond donors (Lipinski definition) is 1. The van der Waals surface area contributed by atoms with Gasteiger partial charge in [-0.2, -0.15) is 8.75 Å². The summed E-state index contributed by atoms with van der Waals surface area (Å²) in [6.07, 6.45) is 1.64. The fraction of sp³-hybridized carbons (Fsp3) is 0.0909. The monoisotopic (exact) mass is 265 g/mol. The minimum atomic E-state index is 0.573. The van der Waals surface area contributed by atoms with Crippen LogP contribution in [0.4, 0.5) is 5.69 Å². The molecule has 0 aliphatic carbocycles. The van der Waals surface area contributed by atoms with Crippen LogP contribution in [0.25, 0.3) is 11.0 Å². The Balaban J connectivity index is 1.93. The van der Waals surface area contributed by atoms with Crippen molar-refractivity contribution >= 4 is 40.0 Å². The largest absolute Gasteiger partial charge is 0.467 e. The van der Waals surface area contributed by atoms with Crippen LogP contribution in [0.2, 0.25) is 5.02 Å². The number of benzene rings is 1. The van der Waals surface area contributed by atoms with E-state index >= 15 is 0 Å². The quantitative estimate of drug-likeness (QED) is 0.787. The molecule has 2 heterocycles. The van der Waals surface area contributed by atoms with Crippen molar-refractivity contribution in [1.29, 1.82) is 0 Å². The van der Waals surface area contributed by atoms with Gasteiger partial charge in [-0.3, -0.25) is 0 Å². The number of nitrogens with one attached hydrogen (secondary N) is 1. The van der Waals surface area contributed by atoms with Gasteiger partial charge in [-0.05, 0) is 24.3 Å². The molecule has 0 spiro atoms. The maximum atomic E-state index is 6.14. The van der Waals surface area contributed by atoms with Gasteiger partial charge in [-0.1, -0.05) is 11.6 Å². The average molecular weight is 266 g/mol. The Bertz CT molecular complexity index is 635. The Morgan fingerprint density at radius 3 is 3.06 bits per heavy atom. The van der Waals surface area contributed by atoms with E-state index in [1.807, 2.05) is 24.3 Å². The van der Waals surface area contributed by atoms with Gasteiger partial charge in [0.2, 0.25) is 0 Å². The number of aromatic nitrogens is 2. The number of anilines is 1. The van der Waals surface area contributed by atoms with E-state index in [4.69, 9.17) is 16.0 Å². The van der Waals surface area contributed by atoms with E-state index < -0.39 is 0 Å². The summed E-state index contributed by atoms with van der Waals surface area (Å²) in [6.45, 7) is 0.573. The third-order valence-electron chi connectivity index (χ3n) is 2.40. The molecule has 0 saturated carbocycles. The Labute approximate surface area is 107 Å². The highest BCUT2D eigenvalue weighted by Crippen LogP contribution is 2.30. The van der Waals surface area contributed by atoms with Crippen molar-refractivity contribution in [2.75, 3.05) is 5.32 Å². The zero-order chi connectivity index (χ0) is 11.7. The van der Waals surface area contributed by atoms with Crippen molar-refractivity contribution in [2.45, 2.75) is 6.54 Å². The first-order valence-electron chi connectivity index (χ1n) is 5.01. The highest BCUT2D eigenvalue weighted by atomic mass is 35.5. The molecule has 0 bridgehead atoms. The van der Waals surface area contributed by atoms with Crippen LogP contribution in [0.1, 0.15) is 5.76 Å². The summed E-state index contributed by atoms with van der Waals surface area (Å²) < 4.78 is 13.7. The van der Waals surface area contributed by atoms with Gasteiger partial charge in [0, 0.05) is 0 Å². The smallest absolute Gasteiger partial charge is 0.129 e. The summed E-state index contributed by atoms with van der Waals surface area (Å²) >= 11 is 7.32. The fourth-order valence-corrected chi connectivity index (χ4v) is 2.35. The van der Waals surface area contributed by atoms with Gasteiger partial charge in [0.25, 0.3) is 0 Å². The SMILES string of the molecule is Clc1ccc2nsnc2c1NCc1ccco1. The molecule has 0 unspecified atom stereocenters. The average Bonchev–Trinajstić information content (AvgIpc) is 2.97. The molecule has 0 amide bonds. The van der Waals surface area contributed by atoms with Crippen LogP contribution in [0.5, 0.6) is 0 Å². The van der Waals surface area contributed by atoms with Crippen molar-refractivity contribution in [1.82, 2.24) is 8.75 Å². The molecule has 86 valence electrons. The summed E-state index contributed by atoms with van der Waals surface area (Å²) in [5.74, 6) is 0.848. The lowest BCUT2D eigenvalue weighted by Gasteiger charge is -2.06. The van der Waals surface area contributed by atoms with Crippen LogP contribution >= 0.6 is 23.3 Å². The summed E-state index contributed by atoms with van der Waals surface area (Å²) in [7, 11) is 0. The van der Waals surface area contributed by atoms with E-state index in [-0.39, 0.29) is 0 Å². The lowest BCUT2D eigenvalue weighted by Crippen LogP contribution is -1.99. The standard InChI is InChI=1S/C11H8ClN3OS/c12-8-3-4-9-11(15-17-14-9)10(8)13-6-7-2-1-5-16-7/h1-5,13H,6H2. The second-order valence-electron chi connectivity index (χ2n) is 3.49. The van der Waals surface area contributed by atoms with Crippen molar-refractivity contribution in [3.8, 4) is 0 Å². The lowest BCUT2D eigenvalue weighted by molar-refractivity contribution is 0.518. The van der Waals surface area contributed by atoms with Gasteiger partial charge in [0.1, 0.15) is 16.8 Å². The first-order valence-corrected chi connectivity index (χ1v) is 6.12. The zero-order valence-corrected chi connectivity index (χ0v) is 10.3. The van der Waals surface area contributed by atoms with E-state index in [1.54, 1.807) is 6.26 Å². The molecule has 0 fully saturated rings. The van der Waals surface area contributed by atoms with Crippen LogP contribution < -0.4 is 5.32 Å². The molecular formula is C11H8ClN3OS. The number of halogens is 1. The highest BCUT2D eigenvalue weighted by Gasteiger charge is 2.09. The number of furan rings is 1. The van der Waals surface area contributed by atoms with Gasteiger partial charge < -0.3 is 9.73 Å². The fourth-order valence-electron chi connectivity index (χ4n) is 1.58. The maximum absolute atomic E-state index is 6.14. The van der Waals surface area contributed by atoms with E-state index in [0.29, 0.717) is 11.6 Å². The summed E-state index contributed by atoms with van der Waals surface area (Å²) in [5, 5.41) is 3.86. The molecule has 2 aromatic heterocycles. The van der Waals surface area contributed by atoms with Crippen molar-refractivity contribution in [3.63, 3.8) is 0 Å². The summed E-state index contributed by atoms with van der Waals surface area (Å²) in [5.41, 5.74) is 2.45. The zero-order valence-electron chi connectivity index (χ0n) is 8.68. The maximum Gasteiger partial charge on any atom is 0.129 e. The number of fused-ring (bicyclic) bond motifs is 1. The van der Waals surface area contributed by atoms with Crippen LogP contribution in [-0.4, -0.2) is 8.75 Å². The van der Waals surface area contributed by atoms with Gasteiger partial charge in [0.15, 0.2) is 0 Å². The Morgan fingerprint density at radius 1 is 1.29 bits per heavy atom. The lowest BCUT2D eigenvalue weighted by atomic mass is 10.2. The molecule has 17 heavy (non-hydrogen) atoms.